The van der Waals surface area contributed by atoms with Gasteiger partial charge < -0.3 is 16.5 Å². The quantitative estimate of drug-likeness (QED) is 0.416. The highest BCUT2D eigenvalue weighted by Crippen LogP contribution is 2.11. The molecule has 6 N–H and O–H groups in total. The van der Waals surface area contributed by atoms with Crippen LogP contribution in [0.5, 0.6) is 0 Å². The van der Waals surface area contributed by atoms with Gasteiger partial charge in [-0.2, -0.15) is 9.97 Å². The van der Waals surface area contributed by atoms with Crippen LogP contribution in [0.3, 0.4) is 0 Å². The minimum atomic E-state index is -0.808. The van der Waals surface area contributed by atoms with Crippen LogP contribution in [0, 0.1) is 0 Å². The van der Waals surface area contributed by atoms with Crippen LogP contribution in [0.25, 0.3) is 0 Å². The van der Waals surface area contributed by atoms with Gasteiger partial charge in [0, 0.05) is 34.9 Å². The maximum atomic E-state index is 11.2. The number of rotatable bonds is 6. The molecule has 0 aromatic carbocycles. The Bertz CT molecular complexity index is 399. The fourth-order valence-corrected chi connectivity index (χ4v) is 1.65. The van der Waals surface area contributed by atoms with Crippen molar-refractivity contribution >= 4 is 28.4 Å². The van der Waals surface area contributed by atoms with Gasteiger partial charge in [0.2, 0.25) is 5.95 Å². The van der Waals surface area contributed by atoms with E-state index in [0.717, 1.165) is 6.42 Å². The average Bonchev–Trinajstić information content (AvgIpc) is 2.27. The van der Waals surface area contributed by atoms with Gasteiger partial charge in [0.1, 0.15) is 11.6 Å². The lowest BCUT2D eigenvalue weighted by Gasteiger charge is -2.10. The molecule has 1 heterocycles. The zero-order valence-electron chi connectivity index (χ0n) is 9.93. The topological polar surface area (TPSA) is 119 Å². The van der Waals surface area contributed by atoms with Crippen LogP contribution >= 0.6 is 0 Å². The van der Waals surface area contributed by atoms with Crippen molar-refractivity contribution < 1.29 is 4.21 Å². The van der Waals surface area contributed by atoms with E-state index >= 15 is 0 Å². The van der Waals surface area contributed by atoms with E-state index in [1.807, 2.05) is 6.92 Å². The molecule has 0 amide bonds. The van der Waals surface area contributed by atoms with Crippen LogP contribution in [0.2, 0.25) is 0 Å². The first-order chi connectivity index (χ1) is 8.02. The highest BCUT2D eigenvalue weighted by atomic mass is 32.2. The van der Waals surface area contributed by atoms with Crippen LogP contribution in [0.15, 0.2) is 6.07 Å². The molecule has 7 nitrogen and oxygen atoms in total. The number of hydrogen-bond donors (Lipinski definition) is 4. The molecule has 0 aliphatic carbocycles. The summed E-state index contributed by atoms with van der Waals surface area (Å²) in [4.78, 5) is 7.87. The second-order valence-corrected chi connectivity index (χ2v) is 5.47. The van der Waals surface area contributed by atoms with Gasteiger partial charge in [0.25, 0.3) is 0 Å². The van der Waals surface area contributed by atoms with Gasteiger partial charge in [-0.15, -0.1) is 0 Å². The van der Waals surface area contributed by atoms with Crippen LogP contribution in [0.4, 0.5) is 17.6 Å². The first kappa shape index (κ1) is 13.7. The number of hydrogen-bond acceptors (Lipinski definition) is 7. The zero-order chi connectivity index (χ0) is 12.8. The van der Waals surface area contributed by atoms with Crippen molar-refractivity contribution in [1.29, 1.82) is 0 Å². The molecule has 0 bridgehead atoms. The maximum absolute atomic E-state index is 11.2. The van der Waals surface area contributed by atoms with Crippen molar-refractivity contribution in [3.8, 4) is 0 Å². The number of nitrogens with one attached hydrogen (secondary N) is 2. The molecule has 0 saturated heterocycles. The fraction of sp³-hybridized carbons (Fsp3) is 0.556. The van der Waals surface area contributed by atoms with E-state index in [-0.39, 0.29) is 11.2 Å². The molecule has 0 spiro atoms. The highest BCUT2D eigenvalue weighted by Gasteiger charge is 2.06. The summed E-state index contributed by atoms with van der Waals surface area (Å²) >= 11 is 0. The maximum Gasteiger partial charge on any atom is 0.223 e. The van der Waals surface area contributed by atoms with Gasteiger partial charge in [-0.05, 0) is 6.42 Å². The second-order valence-electron chi connectivity index (χ2n) is 3.67. The van der Waals surface area contributed by atoms with Crippen molar-refractivity contribution in [3.05, 3.63) is 6.07 Å². The van der Waals surface area contributed by atoms with Gasteiger partial charge in [-0.1, -0.05) is 6.92 Å². The minimum Gasteiger partial charge on any atom is -0.370 e. The summed E-state index contributed by atoms with van der Waals surface area (Å²) in [7, 11) is -0.808. The third kappa shape index (κ3) is 4.53. The standard InChI is InChI=1S/C9H18N6OS/c1-6(17(2)16)3-4-12-7-5-8(15-11)14-9(10)13-7/h5-6H,3-4,11H2,1-2H3,(H4,10,12,13,14,15). The van der Waals surface area contributed by atoms with Gasteiger partial charge in [0.15, 0.2) is 0 Å². The van der Waals surface area contributed by atoms with E-state index in [1.54, 1.807) is 12.3 Å². The van der Waals surface area contributed by atoms with E-state index in [9.17, 15) is 4.21 Å². The van der Waals surface area contributed by atoms with Gasteiger partial charge >= 0.3 is 0 Å². The molecule has 1 rings (SSSR count). The molecular weight excluding hydrogens is 240 g/mol. The van der Waals surface area contributed by atoms with E-state index in [2.05, 4.69) is 20.7 Å². The van der Waals surface area contributed by atoms with E-state index in [1.165, 1.54) is 0 Å². The van der Waals surface area contributed by atoms with Crippen LogP contribution in [-0.2, 0) is 10.8 Å². The summed E-state index contributed by atoms with van der Waals surface area (Å²) in [5.74, 6) is 6.44. The van der Waals surface area contributed by atoms with Crippen molar-refractivity contribution in [2.45, 2.75) is 18.6 Å². The lowest BCUT2D eigenvalue weighted by Crippen LogP contribution is -2.16. The summed E-state index contributed by atoms with van der Waals surface area (Å²) < 4.78 is 11.2. The predicted octanol–water partition coefficient (Wildman–Crippen LogP) is -0.0866. The summed E-state index contributed by atoms with van der Waals surface area (Å²) in [5.41, 5.74) is 7.91. The SMILES string of the molecule is CC(CCNc1cc(NN)nc(N)n1)S(C)=O. The van der Waals surface area contributed by atoms with Gasteiger partial charge in [-0.3, -0.25) is 4.21 Å². The van der Waals surface area contributed by atoms with Crippen LogP contribution < -0.4 is 22.3 Å². The lowest BCUT2D eigenvalue weighted by molar-refractivity contribution is 0.672. The number of nitrogens with two attached hydrogens (primary N) is 2. The third-order valence-corrected chi connectivity index (χ3v) is 3.68. The van der Waals surface area contributed by atoms with Gasteiger partial charge in [-0.25, -0.2) is 5.84 Å². The molecular formula is C9H18N6OS. The van der Waals surface area contributed by atoms with E-state index in [4.69, 9.17) is 11.6 Å². The first-order valence-corrected chi connectivity index (χ1v) is 6.82. The van der Waals surface area contributed by atoms with Crippen molar-refractivity contribution in [3.63, 3.8) is 0 Å². The molecule has 0 fully saturated rings. The molecule has 1 aromatic heterocycles. The summed E-state index contributed by atoms with van der Waals surface area (Å²) in [6, 6.07) is 1.66. The zero-order valence-corrected chi connectivity index (χ0v) is 10.8. The molecule has 0 saturated carbocycles. The average molecular weight is 258 g/mol. The molecule has 0 aliphatic heterocycles. The Balaban J connectivity index is 2.51. The highest BCUT2D eigenvalue weighted by molar-refractivity contribution is 7.84. The Kier molecular flexibility index (Phi) is 5.11. The van der Waals surface area contributed by atoms with Crippen molar-refractivity contribution in [2.24, 2.45) is 5.84 Å². The molecule has 8 heteroatoms. The summed E-state index contributed by atoms with van der Waals surface area (Å²) in [6.45, 7) is 2.61. The molecule has 96 valence electrons. The minimum absolute atomic E-state index is 0.147. The summed E-state index contributed by atoms with van der Waals surface area (Å²) in [5, 5.41) is 3.23. The Morgan fingerprint density at radius 2 is 2.12 bits per heavy atom. The van der Waals surface area contributed by atoms with E-state index in [0.29, 0.717) is 18.2 Å². The van der Waals surface area contributed by atoms with Crippen LogP contribution in [-0.4, -0.2) is 32.2 Å². The number of nitrogens with zero attached hydrogens (tertiary/aromatic N) is 2. The Labute approximate surface area is 103 Å². The number of nitrogen functional groups attached to an aromatic ring is 2. The first-order valence-electron chi connectivity index (χ1n) is 5.20. The van der Waals surface area contributed by atoms with Crippen LogP contribution in [0.1, 0.15) is 13.3 Å². The second kappa shape index (κ2) is 6.36. The third-order valence-electron chi connectivity index (χ3n) is 2.31. The fourth-order valence-electron chi connectivity index (χ4n) is 1.20. The molecule has 2 atom stereocenters. The number of hydrazine groups is 1. The number of anilines is 3. The smallest absolute Gasteiger partial charge is 0.223 e. The Hall–Kier alpha value is -1.41. The normalized spacial score (nSPS) is 14.1. The summed E-state index contributed by atoms with van der Waals surface area (Å²) in [6.07, 6.45) is 2.49. The number of aromatic nitrogens is 2. The lowest BCUT2D eigenvalue weighted by atomic mass is 10.3. The Morgan fingerprint density at radius 1 is 1.47 bits per heavy atom. The molecule has 0 radical (unpaired) electrons. The van der Waals surface area contributed by atoms with E-state index < -0.39 is 10.8 Å². The molecule has 2 unspecified atom stereocenters. The Morgan fingerprint density at radius 3 is 2.71 bits per heavy atom. The molecule has 1 aromatic rings. The molecule has 0 aliphatic rings. The largest absolute Gasteiger partial charge is 0.370 e. The van der Waals surface area contributed by atoms with Crippen molar-refractivity contribution in [2.75, 3.05) is 29.3 Å². The van der Waals surface area contributed by atoms with Gasteiger partial charge in [0.05, 0.1) is 0 Å². The van der Waals surface area contributed by atoms with Crippen molar-refractivity contribution in [1.82, 2.24) is 9.97 Å². The monoisotopic (exact) mass is 258 g/mol. The predicted molar refractivity (Wildman–Crippen MR) is 70.9 cm³/mol. The molecule has 17 heavy (non-hydrogen) atoms.